The molecule has 0 aliphatic carbocycles. The Morgan fingerprint density at radius 2 is 1.66 bits per heavy atom. The summed E-state index contributed by atoms with van der Waals surface area (Å²) in [4.78, 5) is 13.1. The molecular weight excluding hydrogens is 464 g/mol. The normalized spacial score (nSPS) is 18.1. The monoisotopic (exact) mass is 494 g/mol. The number of benzene rings is 3. The molecule has 1 amide bonds. The zero-order valence-electron chi connectivity index (χ0n) is 19.8. The molecule has 2 aliphatic rings. The largest absolute Gasteiger partial charge is 0.490 e. The predicted molar refractivity (Wildman–Crippen MR) is 134 cm³/mol. The highest BCUT2D eigenvalue weighted by Gasteiger charge is 2.33. The highest BCUT2D eigenvalue weighted by Crippen LogP contribution is 2.34. The number of rotatable bonds is 5. The van der Waals surface area contributed by atoms with Crippen molar-refractivity contribution in [2.24, 2.45) is 5.92 Å². The second-order valence-corrected chi connectivity index (χ2v) is 11.1. The van der Waals surface area contributed by atoms with Gasteiger partial charge in [0.05, 0.1) is 24.2 Å². The Morgan fingerprint density at radius 3 is 2.43 bits per heavy atom. The first-order valence-corrected chi connectivity index (χ1v) is 13.5. The van der Waals surface area contributed by atoms with E-state index in [1.807, 2.05) is 25.1 Å². The number of amides is 1. The molecule has 2 aliphatic heterocycles. The van der Waals surface area contributed by atoms with Gasteiger partial charge in [0.2, 0.25) is 15.9 Å². The van der Waals surface area contributed by atoms with Gasteiger partial charge in [-0.05, 0) is 54.3 Å². The minimum Gasteiger partial charge on any atom is -0.490 e. The molecule has 5 rings (SSSR count). The molecular formula is C27H30N2O5S. The molecule has 2 heterocycles. The second kappa shape index (κ2) is 9.87. The lowest BCUT2D eigenvalue weighted by Gasteiger charge is -2.31. The van der Waals surface area contributed by atoms with Crippen molar-refractivity contribution in [1.82, 2.24) is 9.62 Å². The van der Waals surface area contributed by atoms with Gasteiger partial charge in [-0.3, -0.25) is 4.79 Å². The number of hydrogen-bond acceptors (Lipinski definition) is 5. The predicted octanol–water partition coefficient (Wildman–Crippen LogP) is 4.28. The van der Waals surface area contributed by atoms with Crippen LogP contribution >= 0.6 is 0 Å². The Hall–Kier alpha value is -3.10. The molecule has 1 unspecified atom stereocenters. The van der Waals surface area contributed by atoms with Crippen molar-refractivity contribution in [2.45, 2.75) is 37.1 Å². The Balaban J connectivity index is 1.21. The van der Waals surface area contributed by atoms with Crippen molar-refractivity contribution in [3.8, 4) is 11.5 Å². The van der Waals surface area contributed by atoms with E-state index in [0.29, 0.717) is 50.6 Å². The molecule has 0 saturated carbocycles. The van der Waals surface area contributed by atoms with E-state index in [-0.39, 0.29) is 22.8 Å². The van der Waals surface area contributed by atoms with Gasteiger partial charge >= 0.3 is 0 Å². The van der Waals surface area contributed by atoms with Crippen LogP contribution in [0.3, 0.4) is 0 Å². The SMILES string of the molecule is CC(NC(=O)C1CCN(S(=O)(=O)c2ccc3c(c2)OCCCO3)CC1)c1ccc2ccccc2c1. The number of nitrogens with one attached hydrogen (secondary N) is 1. The summed E-state index contributed by atoms with van der Waals surface area (Å²) in [5.74, 6) is 0.782. The fraction of sp³-hybridized carbons (Fsp3) is 0.370. The van der Waals surface area contributed by atoms with Crippen LogP contribution in [0.2, 0.25) is 0 Å². The quantitative estimate of drug-likeness (QED) is 0.572. The minimum absolute atomic E-state index is 0.0294. The summed E-state index contributed by atoms with van der Waals surface area (Å²) in [5, 5.41) is 5.42. The van der Waals surface area contributed by atoms with E-state index in [2.05, 4.69) is 29.6 Å². The third kappa shape index (κ3) is 4.99. The van der Waals surface area contributed by atoms with Crippen molar-refractivity contribution >= 4 is 26.7 Å². The van der Waals surface area contributed by atoms with Crippen LogP contribution in [0, 0.1) is 5.92 Å². The van der Waals surface area contributed by atoms with Crippen molar-refractivity contribution in [3.05, 3.63) is 66.2 Å². The van der Waals surface area contributed by atoms with E-state index < -0.39 is 10.0 Å². The number of carbonyl (C=O) groups excluding carboxylic acids is 1. The molecule has 1 N–H and O–H groups in total. The van der Waals surface area contributed by atoms with Gasteiger partial charge in [-0.1, -0.05) is 36.4 Å². The van der Waals surface area contributed by atoms with Crippen LogP contribution in [-0.4, -0.2) is 44.9 Å². The van der Waals surface area contributed by atoms with Crippen molar-refractivity contribution in [3.63, 3.8) is 0 Å². The number of nitrogens with zero attached hydrogens (tertiary/aromatic N) is 1. The standard InChI is InChI=1S/C27H30N2O5S/c1-19(22-8-7-20-5-2-3-6-23(20)17-22)28-27(30)21-11-13-29(14-12-21)35(31,32)24-9-10-25-26(18-24)34-16-4-15-33-25/h2-3,5-10,17-19,21H,4,11-16H2,1H3,(H,28,30). The van der Waals surface area contributed by atoms with Crippen LogP contribution in [0.4, 0.5) is 0 Å². The number of ether oxygens (including phenoxy) is 2. The smallest absolute Gasteiger partial charge is 0.243 e. The maximum absolute atomic E-state index is 13.2. The lowest BCUT2D eigenvalue weighted by atomic mass is 9.96. The van der Waals surface area contributed by atoms with Crippen molar-refractivity contribution in [1.29, 1.82) is 0 Å². The Bertz CT molecular complexity index is 1330. The third-order valence-corrected chi connectivity index (χ3v) is 8.71. The zero-order valence-corrected chi connectivity index (χ0v) is 20.6. The van der Waals surface area contributed by atoms with E-state index >= 15 is 0 Å². The number of fused-ring (bicyclic) bond motifs is 2. The van der Waals surface area contributed by atoms with E-state index in [4.69, 9.17) is 9.47 Å². The van der Waals surface area contributed by atoms with Gasteiger partial charge in [-0.2, -0.15) is 4.31 Å². The molecule has 184 valence electrons. The number of hydrogen-bond donors (Lipinski definition) is 1. The maximum atomic E-state index is 13.2. The van der Waals surface area contributed by atoms with Crippen LogP contribution < -0.4 is 14.8 Å². The highest BCUT2D eigenvalue weighted by molar-refractivity contribution is 7.89. The Labute approximate surface area is 206 Å². The van der Waals surface area contributed by atoms with Gasteiger partial charge in [0.25, 0.3) is 0 Å². The maximum Gasteiger partial charge on any atom is 0.243 e. The average molecular weight is 495 g/mol. The van der Waals surface area contributed by atoms with E-state index in [1.165, 1.54) is 4.31 Å². The molecule has 7 nitrogen and oxygen atoms in total. The van der Waals surface area contributed by atoms with Gasteiger partial charge in [-0.25, -0.2) is 8.42 Å². The van der Waals surface area contributed by atoms with Gasteiger partial charge < -0.3 is 14.8 Å². The van der Waals surface area contributed by atoms with Crippen LogP contribution in [0.15, 0.2) is 65.6 Å². The summed E-state index contributed by atoms with van der Waals surface area (Å²) in [5.41, 5.74) is 1.05. The third-order valence-electron chi connectivity index (χ3n) is 6.81. The lowest BCUT2D eigenvalue weighted by molar-refractivity contribution is -0.126. The van der Waals surface area contributed by atoms with Crippen LogP contribution in [0.1, 0.15) is 37.8 Å². The van der Waals surface area contributed by atoms with Gasteiger partial charge in [0.15, 0.2) is 11.5 Å². The summed E-state index contributed by atoms with van der Waals surface area (Å²) >= 11 is 0. The number of piperidine rings is 1. The fourth-order valence-electron chi connectivity index (χ4n) is 4.70. The molecule has 8 heteroatoms. The topological polar surface area (TPSA) is 84.9 Å². The van der Waals surface area contributed by atoms with Crippen LogP contribution in [0.25, 0.3) is 10.8 Å². The number of carbonyl (C=O) groups is 1. The van der Waals surface area contributed by atoms with E-state index in [1.54, 1.807) is 18.2 Å². The van der Waals surface area contributed by atoms with Gasteiger partial charge in [0.1, 0.15) is 0 Å². The fourth-order valence-corrected chi connectivity index (χ4v) is 6.19. The average Bonchev–Trinajstić information content (AvgIpc) is 3.13. The highest BCUT2D eigenvalue weighted by atomic mass is 32.2. The summed E-state index contributed by atoms with van der Waals surface area (Å²) in [6, 6.07) is 19.0. The Kier molecular flexibility index (Phi) is 6.67. The first-order chi connectivity index (χ1) is 16.9. The first kappa shape index (κ1) is 23.6. The zero-order chi connectivity index (χ0) is 24.4. The molecule has 1 atom stereocenters. The molecule has 0 spiro atoms. The molecule has 1 fully saturated rings. The van der Waals surface area contributed by atoms with Crippen LogP contribution in [-0.2, 0) is 14.8 Å². The Morgan fingerprint density at radius 1 is 0.943 bits per heavy atom. The summed E-state index contributed by atoms with van der Waals surface area (Å²) in [7, 11) is -3.68. The summed E-state index contributed by atoms with van der Waals surface area (Å²) in [6.07, 6.45) is 1.73. The first-order valence-electron chi connectivity index (χ1n) is 12.1. The minimum atomic E-state index is -3.68. The lowest BCUT2D eigenvalue weighted by Crippen LogP contribution is -2.43. The van der Waals surface area contributed by atoms with Gasteiger partial charge in [-0.15, -0.1) is 0 Å². The van der Waals surface area contributed by atoms with Crippen molar-refractivity contribution < 1.29 is 22.7 Å². The molecule has 3 aromatic carbocycles. The van der Waals surface area contributed by atoms with Gasteiger partial charge in [0, 0.05) is 31.5 Å². The van der Waals surface area contributed by atoms with E-state index in [9.17, 15) is 13.2 Å². The van der Waals surface area contributed by atoms with E-state index in [0.717, 1.165) is 22.8 Å². The number of sulfonamides is 1. The van der Waals surface area contributed by atoms with Crippen molar-refractivity contribution in [2.75, 3.05) is 26.3 Å². The second-order valence-electron chi connectivity index (χ2n) is 9.17. The van der Waals surface area contributed by atoms with Crippen LogP contribution in [0.5, 0.6) is 11.5 Å². The molecule has 0 aromatic heterocycles. The molecule has 1 saturated heterocycles. The molecule has 0 radical (unpaired) electrons. The molecule has 35 heavy (non-hydrogen) atoms. The molecule has 0 bridgehead atoms. The summed E-state index contributed by atoms with van der Waals surface area (Å²) < 4.78 is 39.2. The molecule has 3 aromatic rings. The summed E-state index contributed by atoms with van der Waals surface area (Å²) in [6.45, 7) is 3.63.